The molecule has 0 radical (unpaired) electrons. The molecule has 1 aromatic rings. The third kappa shape index (κ3) is 3.92. The smallest absolute Gasteiger partial charge is 0.163 e. The third-order valence-corrected chi connectivity index (χ3v) is 18.2. The van der Waals surface area contributed by atoms with E-state index in [4.69, 9.17) is 0 Å². The second-order valence-electron chi connectivity index (χ2n) is 20.0. The fourth-order valence-corrected chi connectivity index (χ4v) is 15.6. The number of hydrogen-bond acceptors (Lipinski definition) is 4. The monoisotopic (exact) mass is 652 g/mol. The number of fused-ring (bicyclic) bond motifs is 3. The van der Waals surface area contributed by atoms with Crippen LogP contribution >= 0.6 is 0 Å². The molecule has 262 valence electrons. The number of hydrogen-bond donors (Lipinski definition) is 1. The highest BCUT2D eigenvalue weighted by atomic mass is 16.1. The van der Waals surface area contributed by atoms with E-state index < -0.39 is 0 Å². The first-order valence-electron chi connectivity index (χ1n) is 19.9. The summed E-state index contributed by atoms with van der Waals surface area (Å²) in [5.41, 5.74) is 7.46. The largest absolute Gasteiger partial charge is 0.314 e. The Kier molecular flexibility index (Phi) is 7.39. The van der Waals surface area contributed by atoms with E-state index in [-0.39, 0.29) is 22.0 Å². The Morgan fingerprint density at radius 1 is 0.833 bits per heavy atom. The average Bonchev–Trinajstić information content (AvgIpc) is 3.39. The zero-order valence-corrected chi connectivity index (χ0v) is 31.5. The normalized spacial score (nSPS) is 44.1. The predicted octanol–water partition coefficient (Wildman–Crippen LogP) is 9.68. The summed E-state index contributed by atoms with van der Waals surface area (Å²) in [5.74, 6) is 0.522. The van der Waals surface area contributed by atoms with Gasteiger partial charge in [0.2, 0.25) is 0 Å². The number of carbonyl (C=O) groups is 2. The lowest BCUT2D eigenvalue weighted by Gasteiger charge is -2.64. The molecule has 0 bridgehead atoms. The fourth-order valence-electron chi connectivity index (χ4n) is 15.6. The van der Waals surface area contributed by atoms with Crippen molar-refractivity contribution in [1.82, 2.24) is 10.2 Å². The number of nitrogens with zero attached hydrogens (tertiary/aromatic N) is 1. The lowest BCUT2D eigenvalue weighted by molar-refractivity contribution is -0.0604. The zero-order valence-electron chi connectivity index (χ0n) is 31.5. The van der Waals surface area contributed by atoms with Crippen LogP contribution in [0.1, 0.15) is 153 Å². The van der Waals surface area contributed by atoms with Crippen molar-refractivity contribution in [1.29, 1.82) is 0 Å². The van der Waals surface area contributed by atoms with Gasteiger partial charge in [0.25, 0.3) is 0 Å². The van der Waals surface area contributed by atoms with Crippen molar-refractivity contribution in [3.05, 3.63) is 46.5 Å². The van der Waals surface area contributed by atoms with Gasteiger partial charge in [-0.15, -0.1) is 0 Å². The van der Waals surface area contributed by atoms with Crippen LogP contribution in [0.3, 0.4) is 0 Å². The Hall–Kier alpha value is -1.78. The van der Waals surface area contributed by atoms with Gasteiger partial charge in [0.15, 0.2) is 12.1 Å². The summed E-state index contributed by atoms with van der Waals surface area (Å²) in [7, 11) is 0. The molecule has 1 N–H and O–H groups in total. The van der Waals surface area contributed by atoms with E-state index in [1.165, 1.54) is 90.3 Å². The van der Waals surface area contributed by atoms with Gasteiger partial charge in [-0.2, -0.15) is 0 Å². The fraction of sp³-hybridized carbons (Fsp3) is 0.773. The van der Waals surface area contributed by atoms with Gasteiger partial charge < -0.3 is 10.2 Å². The molecule has 6 fully saturated rings. The summed E-state index contributed by atoms with van der Waals surface area (Å²) in [6.45, 7) is 24.5. The molecule has 5 saturated carbocycles. The Morgan fingerprint density at radius 3 is 2.31 bits per heavy atom. The van der Waals surface area contributed by atoms with Crippen molar-refractivity contribution in [2.45, 2.75) is 132 Å². The number of nitrogens with one attached hydrogen (secondary N) is 1. The Morgan fingerprint density at radius 2 is 1.56 bits per heavy atom. The first kappa shape index (κ1) is 33.4. The van der Waals surface area contributed by atoms with Gasteiger partial charge in [-0.3, -0.25) is 9.59 Å². The van der Waals surface area contributed by atoms with Gasteiger partial charge in [-0.25, -0.2) is 0 Å². The van der Waals surface area contributed by atoms with E-state index in [9.17, 15) is 9.59 Å². The van der Waals surface area contributed by atoms with Gasteiger partial charge in [-0.1, -0.05) is 83.9 Å². The maximum Gasteiger partial charge on any atom is 0.163 e. The van der Waals surface area contributed by atoms with Crippen molar-refractivity contribution < 1.29 is 9.59 Å². The van der Waals surface area contributed by atoms with Gasteiger partial charge >= 0.3 is 0 Å². The van der Waals surface area contributed by atoms with E-state index >= 15 is 0 Å². The first-order chi connectivity index (χ1) is 22.7. The molecule has 2 spiro atoms. The summed E-state index contributed by atoms with van der Waals surface area (Å²) in [6, 6.07) is 7.44. The number of allylic oxidation sites excluding steroid dienone is 2. The Balaban J connectivity index is 1.14. The standard InChI is InChI=1S/C44H64N2O2/c1-37(2)16-19-42(22-25-46-26-23-45-24-27-46)20-17-39(5)34(35(42)29-37)13-15-44-40(39,6)18-21-43(44)38(3,4)32(12-14-41(43,44)7)28-36(48)33-11-9-8-10-31(33)30-47/h8-11,30,32,45H,12-29H2,1-7H3/t32?,39-,40?,41?,42?,43?,44?/m1/s1. The molecule has 7 aliphatic rings. The minimum atomic E-state index is 0.0824. The van der Waals surface area contributed by atoms with Crippen LogP contribution in [0.4, 0.5) is 0 Å². The molecule has 0 amide bonds. The van der Waals surface area contributed by atoms with Crippen molar-refractivity contribution in [2.75, 3.05) is 32.7 Å². The number of benzene rings is 1. The number of rotatable bonds is 7. The van der Waals surface area contributed by atoms with Crippen LogP contribution in [0.5, 0.6) is 0 Å². The quantitative estimate of drug-likeness (QED) is 0.181. The van der Waals surface area contributed by atoms with Gasteiger partial charge in [-0.05, 0) is 133 Å². The second-order valence-corrected chi connectivity index (χ2v) is 20.0. The molecule has 0 aromatic heterocycles. The Bertz CT molecular complexity index is 1550. The molecule has 1 aromatic carbocycles. The number of ketones is 1. The van der Waals surface area contributed by atoms with Crippen LogP contribution in [-0.4, -0.2) is 49.7 Å². The highest BCUT2D eigenvalue weighted by molar-refractivity contribution is 6.02. The molecule has 1 heterocycles. The molecule has 1 aliphatic heterocycles. The zero-order chi connectivity index (χ0) is 34.0. The Labute approximate surface area is 291 Å². The van der Waals surface area contributed by atoms with Crippen LogP contribution < -0.4 is 5.32 Å². The average molecular weight is 653 g/mol. The van der Waals surface area contributed by atoms with Crippen molar-refractivity contribution in [3.63, 3.8) is 0 Å². The molecule has 4 nitrogen and oxygen atoms in total. The summed E-state index contributed by atoms with van der Waals surface area (Å²) in [5, 5.41) is 3.57. The summed E-state index contributed by atoms with van der Waals surface area (Å²) in [6.07, 6.45) is 17.3. The predicted molar refractivity (Wildman–Crippen MR) is 195 cm³/mol. The number of aldehydes is 1. The topological polar surface area (TPSA) is 49.4 Å². The van der Waals surface area contributed by atoms with Crippen LogP contribution in [0.25, 0.3) is 0 Å². The minimum Gasteiger partial charge on any atom is -0.314 e. The lowest BCUT2D eigenvalue weighted by Crippen LogP contribution is -2.55. The van der Waals surface area contributed by atoms with Crippen LogP contribution in [-0.2, 0) is 0 Å². The molecular formula is C44H64N2O2. The molecule has 4 heteroatoms. The van der Waals surface area contributed by atoms with Crippen LogP contribution in [0.15, 0.2) is 35.4 Å². The number of Topliss-reactive ketones (excluding diaryl/α,β-unsaturated/α-hetero) is 1. The first-order valence-corrected chi connectivity index (χ1v) is 19.9. The minimum absolute atomic E-state index is 0.0824. The van der Waals surface area contributed by atoms with Crippen molar-refractivity contribution in [3.8, 4) is 0 Å². The van der Waals surface area contributed by atoms with E-state index in [0.29, 0.717) is 50.5 Å². The molecule has 7 atom stereocenters. The van der Waals surface area contributed by atoms with Gasteiger partial charge in [0.1, 0.15) is 0 Å². The molecular weight excluding hydrogens is 588 g/mol. The lowest BCUT2D eigenvalue weighted by atomic mass is 9.41. The third-order valence-electron chi connectivity index (χ3n) is 18.2. The highest BCUT2D eigenvalue weighted by Gasteiger charge is 2.96. The van der Waals surface area contributed by atoms with Crippen molar-refractivity contribution >= 4 is 12.1 Å². The van der Waals surface area contributed by atoms with E-state index in [0.717, 1.165) is 25.8 Å². The molecule has 6 unspecified atom stereocenters. The van der Waals surface area contributed by atoms with E-state index in [1.54, 1.807) is 6.07 Å². The van der Waals surface area contributed by atoms with Gasteiger partial charge in [0.05, 0.1) is 0 Å². The maximum atomic E-state index is 13.9. The number of piperazine rings is 1. The van der Waals surface area contributed by atoms with Gasteiger partial charge in [0, 0.05) is 43.7 Å². The SMILES string of the molecule is CC1(C)CCC2(CCN3CCNCC3)CC[C@]3(C)C(=C2C1)CCC12C4(C)CCC(CC(=O)c5ccccc5C=O)C(C)(C)C41CCC23C. The van der Waals surface area contributed by atoms with E-state index in [2.05, 4.69) is 58.7 Å². The van der Waals surface area contributed by atoms with Crippen LogP contribution in [0.2, 0.25) is 0 Å². The molecule has 6 aliphatic carbocycles. The molecule has 8 rings (SSSR count). The molecule has 1 saturated heterocycles. The molecule has 48 heavy (non-hydrogen) atoms. The number of carbonyl (C=O) groups excluding carboxylic acids is 2. The highest BCUT2D eigenvalue weighted by Crippen LogP contribution is 3.02. The van der Waals surface area contributed by atoms with Crippen molar-refractivity contribution in [2.24, 2.45) is 49.2 Å². The summed E-state index contributed by atoms with van der Waals surface area (Å²) >= 11 is 0. The van der Waals surface area contributed by atoms with E-state index in [1.807, 2.05) is 29.3 Å². The summed E-state index contributed by atoms with van der Waals surface area (Å²) < 4.78 is 0. The second kappa shape index (κ2) is 10.6. The maximum absolute atomic E-state index is 13.9. The van der Waals surface area contributed by atoms with Crippen LogP contribution in [0, 0.1) is 49.2 Å². The summed E-state index contributed by atoms with van der Waals surface area (Å²) in [4.78, 5) is 28.4.